The smallest absolute Gasteiger partial charge is 0.243 e. The van der Waals surface area contributed by atoms with Gasteiger partial charge in [0.05, 0.1) is 17.1 Å². The van der Waals surface area contributed by atoms with E-state index in [-0.39, 0.29) is 10.9 Å². The second-order valence-corrected chi connectivity index (χ2v) is 8.93. The van der Waals surface area contributed by atoms with Gasteiger partial charge in [-0.05, 0) is 31.0 Å². The van der Waals surface area contributed by atoms with Crippen LogP contribution >= 0.6 is 11.6 Å². The number of hydrogen-bond acceptors (Lipinski definition) is 4. The highest BCUT2D eigenvalue weighted by Crippen LogP contribution is 2.31. The highest BCUT2D eigenvalue weighted by atomic mass is 35.5. The van der Waals surface area contributed by atoms with Crippen LogP contribution in [0.5, 0.6) is 0 Å². The van der Waals surface area contributed by atoms with Crippen molar-refractivity contribution in [3.8, 4) is 11.3 Å². The van der Waals surface area contributed by atoms with E-state index < -0.39 is 10.0 Å². The number of benzene rings is 2. The summed E-state index contributed by atoms with van der Waals surface area (Å²) in [4.78, 5) is 0.263. The number of nitrogens with zero attached hydrogens (tertiary/aromatic N) is 4. The summed E-state index contributed by atoms with van der Waals surface area (Å²) >= 11 is 6.11. The normalized spacial score (nSPS) is 18.1. The van der Waals surface area contributed by atoms with Gasteiger partial charge in [0.2, 0.25) is 10.0 Å². The molecule has 1 aromatic heterocycles. The molecule has 1 aliphatic rings. The average Bonchev–Trinajstić information content (AvgIpc) is 3.34. The molecule has 0 amide bonds. The average molecular weight is 403 g/mol. The summed E-state index contributed by atoms with van der Waals surface area (Å²) in [7, 11) is -3.59. The fourth-order valence-electron chi connectivity index (χ4n) is 3.35. The number of rotatable bonds is 4. The Balaban J connectivity index is 1.55. The van der Waals surface area contributed by atoms with Gasteiger partial charge in [-0.25, -0.2) is 13.1 Å². The van der Waals surface area contributed by atoms with Gasteiger partial charge in [-0.2, -0.15) is 4.31 Å². The zero-order chi connectivity index (χ0) is 19.0. The van der Waals surface area contributed by atoms with E-state index in [0.717, 1.165) is 11.3 Å². The third-order valence-corrected chi connectivity index (χ3v) is 7.33. The van der Waals surface area contributed by atoms with Crippen LogP contribution in [0.1, 0.15) is 18.0 Å². The molecule has 0 N–H and O–H groups in total. The molecule has 2 aromatic carbocycles. The zero-order valence-electron chi connectivity index (χ0n) is 14.8. The summed E-state index contributed by atoms with van der Waals surface area (Å²) < 4.78 is 29.3. The summed E-state index contributed by atoms with van der Waals surface area (Å²) in [5.41, 5.74) is 2.35. The third kappa shape index (κ3) is 3.38. The summed E-state index contributed by atoms with van der Waals surface area (Å²) in [5.74, 6) is 0. The van der Waals surface area contributed by atoms with E-state index in [1.165, 1.54) is 4.31 Å². The molecule has 27 heavy (non-hydrogen) atoms. The highest BCUT2D eigenvalue weighted by Gasteiger charge is 2.35. The van der Waals surface area contributed by atoms with Crippen molar-refractivity contribution in [2.45, 2.75) is 24.3 Å². The Kier molecular flexibility index (Phi) is 4.75. The number of aromatic nitrogens is 3. The van der Waals surface area contributed by atoms with Crippen molar-refractivity contribution in [2.24, 2.45) is 0 Å². The molecule has 0 bridgehead atoms. The van der Waals surface area contributed by atoms with E-state index in [1.54, 1.807) is 29.8 Å². The van der Waals surface area contributed by atoms with Gasteiger partial charge in [0.15, 0.2) is 0 Å². The number of hydrogen-bond donors (Lipinski definition) is 0. The van der Waals surface area contributed by atoms with Gasteiger partial charge >= 0.3 is 0 Å². The van der Waals surface area contributed by atoms with Gasteiger partial charge in [0.25, 0.3) is 0 Å². The zero-order valence-corrected chi connectivity index (χ0v) is 16.4. The molecule has 1 fully saturated rings. The first-order valence-electron chi connectivity index (χ1n) is 8.69. The Bertz CT molecular complexity index is 1070. The van der Waals surface area contributed by atoms with E-state index in [9.17, 15) is 8.42 Å². The van der Waals surface area contributed by atoms with Gasteiger partial charge in [0.1, 0.15) is 5.69 Å². The second-order valence-electron chi connectivity index (χ2n) is 6.62. The third-order valence-electron chi connectivity index (χ3n) is 4.92. The van der Waals surface area contributed by atoms with Crippen molar-refractivity contribution in [3.63, 3.8) is 0 Å². The van der Waals surface area contributed by atoms with Crippen molar-refractivity contribution in [1.29, 1.82) is 0 Å². The van der Waals surface area contributed by atoms with Crippen molar-refractivity contribution >= 4 is 21.6 Å². The molecule has 1 atom stereocenters. The molecule has 0 aliphatic carbocycles. The molecule has 0 spiro atoms. The first kappa shape index (κ1) is 18.2. The van der Waals surface area contributed by atoms with Crippen molar-refractivity contribution < 1.29 is 8.42 Å². The number of sulfonamides is 1. The molecule has 4 rings (SSSR count). The molecule has 6 nitrogen and oxygen atoms in total. The molecule has 1 saturated heterocycles. The van der Waals surface area contributed by atoms with Gasteiger partial charge in [-0.3, -0.25) is 0 Å². The summed E-state index contributed by atoms with van der Waals surface area (Å²) in [5, 5.41) is 8.90. The van der Waals surface area contributed by atoms with Gasteiger partial charge in [0, 0.05) is 23.7 Å². The lowest BCUT2D eigenvalue weighted by atomic mass is 10.2. The van der Waals surface area contributed by atoms with E-state index in [4.69, 9.17) is 11.6 Å². The number of halogens is 1. The van der Waals surface area contributed by atoms with Crippen LogP contribution in [-0.2, 0) is 10.0 Å². The SMILES string of the molecule is Cc1c(Cl)cccc1S(=O)(=O)N1CCC(n2cc(-c3ccccc3)nn2)C1. The molecule has 1 unspecified atom stereocenters. The predicted molar refractivity (Wildman–Crippen MR) is 104 cm³/mol. The maximum atomic E-state index is 13.0. The molecule has 140 valence electrons. The molecule has 0 saturated carbocycles. The van der Waals surface area contributed by atoms with Crippen molar-refractivity contribution in [3.05, 3.63) is 65.3 Å². The van der Waals surface area contributed by atoms with Crippen LogP contribution in [0, 0.1) is 6.92 Å². The lowest BCUT2D eigenvalue weighted by Gasteiger charge is -2.18. The van der Waals surface area contributed by atoms with Crippen molar-refractivity contribution in [2.75, 3.05) is 13.1 Å². The fourth-order valence-corrected chi connectivity index (χ4v) is 5.32. The molecule has 8 heteroatoms. The maximum absolute atomic E-state index is 13.0. The Morgan fingerprint density at radius 1 is 1.11 bits per heavy atom. The largest absolute Gasteiger partial charge is 0.247 e. The minimum absolute atomic E-state index is 0.0378. The van der Waals surface area contributed by atoms with E-state index >= 15 is 0 Å². The van der Waals surface area contributed by atoms with Gasteiger partial charge < -0.3 is 0 Å². The molecule has 2 heterocycles. The van der Waals surface area contributed by atoms with E-state index in [2.05, 4.69) is 10.3 Å². The van der Waals surface area contributed by atoms with Crippen LogP contribution in [0.2, 0.25) is 5.02 Å². The summed E-state index contributed by atoms with van der Waals surface area (Å²) in [6, 6.07) is 14.7. The Morgan fingerprint density at radius 3 is 2.67 bits per heavy atom. The second kappa shape index (κ2) is 7.07. The van der Waals surface area contributed by atoms with E-state index in [1.807, 2.05) is 36.5 Å². The molecule has 0 radical (unpaired) electrons. The fraction of sp³-hybridized carbons (Fsp3) is 0.263. The Hall–Kier alpha value is -2.22. The van der Waals surface area contributed by atoms with Crippen LogP contribution in [0.15, 0.2) is 59.6 Å². The topological polar surface area (TPSA) is 68.1 Å². The summed E-state index contributed by atoms with van der Waals surface area (Å²) in [6.45, 7) is 2.54. The molecular weight excluding hydrogens is 384 g/mol. The van der Waals surface area contributed by atoms with Crippen LogP contribution in [0.4, 0.5) is 0 Å². The lowest BCUT2D eigenvalue weighted by molar-refractivity contribution is 0.428. The maximum Gasteiger partial charge on any atom is 0.243 e. The molecular formula is C19H19ClN4O2S. The van der Waals surface area contributed by atoms with Gasteiger partial charge in [-0.1, -0.05) is 53.2 Å². The predicted octanol–water partition coefficient (Wildman–Crippen LogP) is 3.54. The van der Waals surface area contributed by atoms with Crippen LogP contribution in [0.3, 0.4) is 0 Å². The van der Waals surface area contributed by atoms with Crippen LogP contribution in [0.25, 0.3) is 11.3 Å². The monoisotopic (exact) mass is 402 g/mol. The molecule has 1 aliphatic heterocycles. The lowest BCUT2D eigenvalue weighted by Crippen LogP contribution is -2.30. The van der Waals surface area contributed by atoms with Crippen LogP contribution < -0.4 is 0 Å². The summed E-state index contributed by atoms with van der Waals surface area (Å²) in [6.07, 6.45) is 2.57. The van der Waals surface area contributed by atoms with Gasteiger partial charge in [-0.15, -0.1) is 5.10 Å². The Morgan fingerprint density at radius 2 is 1.89 bits per heavy atom. The first-order valence-corrected chi connectivity index (χ1v) is 10.5. The molecule has 3 aromatic rings. The quantitative estimate of drug-likeness (QED) is 0.669. The first-order chi connectivity index (χ1) is 13.0. The Labute approximate surface area is 163 Å². The van der Waals surface area contributed by atoms with Crippen molar-refractivity contribution in [1.82, 2.24) is 19.3 Å². The van der Waals surface area contributed by atoms with E-state index in [0.29, 0.717) is 30.1 Å². The highest BCUT2D eigenvalue weighted by molar-refractivity contribution is 7.89. The minimum Gasteiger partial charge on any atom is -0.247 e. The minimum atomic E-state index is -3.59. The van der Waals surface area contributed by atoms with Crippen LogP contribution in [-0.4, -0.2) is 40.8 Å². The standard InChI is InChI=1S/C19H19ClN4O2S/c1-14-17(20)8-5-9-19(14)27(25,26)23-11-10-16(12-23)24-13-18(21-22-24)15-6-3-2-4-7-15/h2-9,13,16H,10-12H2,1H3.